The number of aromatic nitrogens is 3. The molecular formula is C111H108N4. The number of rotatable bonds is 7. The van der Waals surface area contributed by atoms with Crippen molar-refractivity contribution in [3.8, 4) is 44.8 Å². The Morgan fingerprint density at radius 1 is 0.296 bits per heavy atom. The van der Waals surface area contributed by atoms with Gasteiger partial charge >= 0.3 is 0 Å². The topological polar surface area (TPSA) is 41.9 Å². The van der Waals surface area contributed by atoms with Gasteiger partial charge in [-0.05, 0) is 236 Å². The van der Waals surface area contributed by atoms with Crippen LogP contribution in [0.3, 0.4) is 0 Å². The molecule has 0 saturated carbocycles. The molecule has 4 heteroatoms. The molecule has 13 aromatic carbocycles. The fourth-order valence-electron chi connectivity index (χ4n) is 13.8. The molecule has 3 heterocycles. The van der Waals surface area contributed by atoms with Crippen molar-refractivity contribution in [3.63, 3.8) is 0 Å². The van der Waals surface area contributed by atoms with Crippen LogP contribution in [0.2, 0.25) is 0 Å². The minimum atomic E-state index is 1.00. The van der Waals surface area contributed by atoms with Crippen molar-refractivity contribution in [2.45, 2.75) is 89.5 Å². The second-order valence-corrected chi connectivity index (χ2v) is 28.4. The summed E-state index contributed by atoms with van der Waals surface area (Å²) in [6.07, 6.45) is 13.1. The zero-order valence-electron chi connectivity index (χ0n) is 69.2. The maximum absolute atomic E-state index is 4.40. The summed E-state index contributed by atoms with van der Waals surface area (Å²) in [4.78, 5) is 14.9. The van der Waals surface area contributed by atoms with Gasteiger partial charge in [0, 0.05) is 53.8 Å². The number of nitrogens with zero attached hydrogens (tertiary/aromatic N) is 4. The summed E-state index contributed by atoms with van der Waals surface area (Å²) in [6.45, 7) is 25.3. The number of hydrogen-bond acceptors (Lipinski definition) is 4. The average molecular weight is 1500 g/mol. The first-order valence-electron chi connectivity index (χ1n) is 39.8. The van der Waals surface area contributed by atoms with E-state index in [1.807, 2.05) is 80.8 Å². The van der Waals surface area contributed by atoms with E-state index in [1.54, 1.807) is 6.20 Å². The molecule has 0 saturated heterocycles. The molecular weight excluding hydrogens is 1390 g/mol. The number of benzene rings is 13. The maximum atomic E-state index is 4.40. The summed E-state index contributed by atoms with van der Waals surface area (Å²) in [5.41, 5.74) is 35.7. The molecule has 115 heavy (non-hydrogen) atoms. The molecule has 2 aliphatic carbocycles. The lowest BCUT2D eigenvalue weighted by atomic mass is 9.95. The third-order valence-electron chi connectivity index (χ3n) is 20.1. The van der Waals surface area contributed by atoms with Crippen LogP contribution in [0.15, 0.2) is 407 Å². The molecule has 2 aliphatic rings. The Morgan fingerprint density at radius 3 is 1.12 bits per heavy atom. The Labute approximate surface area is 686 Å². The van der Waals surface area contributed by atoms with Crippen LogP contribution >= 0.6 is 0 Å². The first kappa shape index (κ1) is 84.0. The number of fused-ring (bicyclic) bond motifs is 7. The molecule has 0 bridgehead atoms. The fourth-order valence-corrected chi connectivity index (χ4v) is 13.8. The summed E-state index contributed by atoms with van der Waals surface area (Å²) >= 11 is 0. The van der Waals surface area contributed by atoms with E-state index in [4.69, 9.17) is 0 Å². The van der Waals surface area contributed by atoms with E-state index < -0.39 is 0 Å². The van der Waals surface area contributed by atoms with Crippen molar-refractivity contribution >= 4 is 38.9 Å². The van der Waals surface area contributed by atoms with Gasteiger partial charge in [-0.3, -0.25) is 15.0 Å². The van der Waals surface area contributed by atoms with Gasteiger partial charge in [0.25, 0.3) is 0 Å². The van der Waals surface area contributed by atoms with E-state index in [2.05, 4.69) is 430 Å². The molecule has 0 fully saturated rings. The van der Waals surface area contributed by atoms with Gasteiger partial charge in [-0.25, -0.2) is 0 Å². The van der Waals surface area contributed by atoms with E-state index in [1.165, 1.54) is 150 Å². The van der Waals surface area contributed by atoms with E-state index in [9.17, 15) is 0 Å². The van der Waals surface area contributed by atoms with Crippen LogP contribution in [-0.4, -0.2) is 22.0 Å². The lowest BCUT2D eigenvalue weighted by Crippen LogP contribution is -2.08. The average Bonchev–Trinajstić information content (AvgIpc) is 1.62. The smallest absolute Gasteiger partial charge is 0.0970 e. The quantitative estimate of drug-likeness (QED) is 0.159. The Morgan fingerprint density at radius 2 is 0.678 bits per heavy atom. The Kier molecular flexibility index (Phi) is 32.2. The molecule has 0 atom stereocenters. The number of anilines is 2. The standard InChI is InChI=1S/C17H18.C15H12.C15H16.C13H10N2.C13H13N.C13H12.C11H10.C8H10.C6H7N/c1-4-17(15-9-5-13(2)6-10-15)16-11-7-14(3)8-12-16;1-2-11-12-7-3-5-9-14(12)15-10-6-4-8-13(11)15;1-11-8-9-15(13(3)10-11)14-7-5-4-6-12(14)2;1-2-9-10-5-3-7-14-12(10)13-11(9)6-4-8-15-13;1-14(12-8-4-2-5-9-12)13-10-6-3-7-11-13;1-11-7-9-13(10-8-11)12-5-3-2-4-6-12;1-9-5-4-7-10-6-2-3-8-11(9)10;1-2-8-6-4-3-5-7-8;1-6-4-2-3-5-7-6/h4-12H,1-3H3;2-10H,1H3;4-10H,1-3H3;2-8H,1H3;2-11H,1H3;2-10H,1H3;2-8H,1H3;3-7H,2H2,1H3;2-5H,1H3. The zero-order valence-corrected chi connectivity index (χ0v) is 69.2. The molecule has 0 N–H and O–H groups in total. The molecule has 0 aliphatic heterocycles. The number of para-hydroxylation sites is 2. The first-order valence-corrected chi connectivity index (χ1v) is 39.8. The number of hydrogen-bond donors (Lipinski definition) is 0. The molecule has 572 valence electrons. The van der Waals surface area contributed by atoms with Crippen molar-refractivity contribution in [2.75, 3.05) is 11.9 Å². The molecule has 0 radical (unpaired) electrons. The van der Waals surface area contributed by atoms with E-state index in [0.717, 1.165) is 23.5 Å². The van der Waals surface area contributed by atoms with Gasteiger partial charge in [0.2, 0.25) is 0 Å². The number of allylic oxidation sites excluding steroid dienone is 3. The highest BCUT2D eigenvalue weighted by molar-refractivity contribution is 6.01. The van der Waals surface area contributed by atoms with Crippen molar-refractivity contribution in [1.29, 1.82) is 0 Å². The van der Waals surface area contributed by atoms with Gasteiger partial charge in [0.05, 0.1) is 11.4 Å². The Hall–Kier alpha value is -13.4. The van der Waals surface area contributed by atoms with Crippen LogP contribution < -0.4 is 4.90 Å². The summed E-state index contributed by atoms with van der Waals surface area (Å²) in [7, 11) is 2.07. The summed E-state index contributed by atoms with van der Waals surface area (Å²) in [6, 6.07) is 129. The van der Waals surface area contributed by atoms with Crippen LogP contribution in [0.25, 0.3) is 72.3 Å². The predicted molar refractivity (Wildman–Crippen MR) is 497 cm³/mol. The van der Waals surface area contributed by atoms with Crippen molar-refractivity contribution in [1.82, 2.24) is 15.0 Å². The van der Waals surface area contributed by atoms with Gasteiger partial charge in [-0.1, -0.05) is 369 Å². The Bertz CT molecular complexity index is 5440. The normalized spacial score (nSPS) is 10.5. The van der Waals surface area contributed by atoms with Crippen molar-refractivity contribution in [2.24, 2.45) is 0 Å². The minimum Gasteiger partial charge on any atom is -0.345 e. The van der Waals surface area contributed by atoms with Crippen LogP contribution in [0.5, 0.6) is 0 Å². The molecule has 4 nitrogen and oxygen atoms in total. The summed E-state index contributed by atoms with van der Waals surface area (Å²) in [5.74, 6) is 0. The van der Waals surface area contributed by atoms with Crippen molar-refractivity contribution in [3.05, 3.63) is 490 Å². The van der Waals surface area contributed by atoms with E-state index >= 15 is 0 Å². The van der Waals surface area contributed by atoms with Crippen LogP contribution in [0.4, 0.5) is 11.4 Å². The van der Waals surface area contributed by atoms with E-state index in [0.29, 0.717) is 0 Å². The fraction of sp³-hybridized carbons (Fsp3) is 0.126. The van der Waals surface area contributed by atoms with Gasteiger partial charge in [-0.15, -0.1) is 0 Å². The van der Waals surface area contributed by atoms with Gasteiger partial charge in [0.15, 0.2) is 0 Å². The predicted octanol–water partition coefficient (Wildman–Crippen LogP) is 30.0. The van der Waals surface area contributed by atoms with Crippen LogP contribution in [0, 0.1) is 55.4 Å². The SMILES string of the molecule is CC=C(c1ccc(C)cc1)c1ccc(C)cc1.CC=C1c2ccccc2-c2ccccc21.CC=C1c2cccnc2-c2ncccc21.CCc1ccccc1.CN(c1ccccc1)c1ccccc1.Cc1ccc(-c2ccccc2)cc1.Cc1ccc(-c2ccccc2C)c(C)c1.Cc1cccc2ccccc12.Cc1ccccn1. The second-order valence-electron chi connectivity index (χ2n) is 28.4. The highest BCUT2D eigenvalue weighted by Gasteiger charge is 2.25. The van der Waals surface area contributed by atoms with Crippen molar-refractivity contribution < 1.29 is 0 Å². The zero-order chi connectivity index (χ0) is 81.1. The van der Waals surface area contributed by atoms with Crippen LogP contribution in [0.1, 0.15) is 111 Å². The highest BCUT2D eigenvalue weighted by atomic mass is 15.1. The lowest BCUT2D eigenvalue weighted by molar-refractivity contribution is 1.14. The minimum absolute atomic E-state index is 1.00. The van der Waals surface area contributed by atoms with Crippen LogP contribution in [-0.2, 0) is 6.42 Å². The third-order valence-corrected chi connectivity index (χ3v) is 20.1. The lowest BCUT2D eigenvalue weighted by Gasteiger charge is -2.18. The number of pyridine rings is 3. The number of aryl methyl sites for hydroxylation is 9. The Balaban J connectivity index is 0.000000138. The first-order chi connectivity index (χ1) is 56.2. The van der Waals surface area contributed by atoms with Gasteiger partial charge in [0.1, 0.15) is 0 Å². The highest BCUT2D eigenvalue weighted by Crippen LogP contribution is 2.44. The molecule has 0 spiro atoms. The second kappa shape index (κ2) is 44.0. The van der Waals surface area contributed by atoms with Gasteiger partial charge < -0.3 is 4.90 Å². The van der Waals surface area contributed by atoms with Gasteiger partial charge in [-0.2, -0.15) is 0 Å². The monoisotopic (exact) mass is 1500 g/mol. The summed E-state index contributed by atoms with van der Waals surface area (Å²) < 4.78 is 0. The summed E-state index contributed by atoms with van der Waals surface area (Å²) in [5, 5.41) is 2.68. The molecule has 0 amide bonds. The third kappa shape index (κ3) is 24.1. The van der Waals surface area contributed by atoms with E-state index in [-0.39, 0.29) is 0 Å². The molecule has 16 aromatic rings. The maximum Gasteiger partial charge on any atom is 0.0970 e. The largest absolute Gasteiger partial charge is 0.345 e. The molecule has 18 rings (SSSR count). The molecule has 0 unspecified atom stereocenters. The molecule has 3 aromatic heterocycles.